The van der Waals surface area contributed by atoms with Gasteiger partial charge in [-0.15, -0.1) is 0 Å². The van der Waals surface area contributed by atoms with Crippen LogP contribution < -0.4 is 5.32 Å². The predicted molar refractivity (Wildman–Crippen MR) is 77.3 cm³/mol. The van der Waals surface area contributed by atoms with Crippen LogP contribution in [0, 0.1) is 5.92 Å². The van der Waals surface area contributed by atoms with Gasteiger partial charge in [0.25, 0.3) is 0 Å². The highest BCUT2D eigenvalue weighted by atomic mass is 16.2. The van der Waals surface area contributed by atoms with E-state index in [1.54, 1.807) is 0 Å². The van der Waals surface area contributed by atoms with E-state index < -0.39 is 0 Å². The summed E-state index contributed by atoms with van der Waals surface area (Å²) in [4.78, 5) is 14.2. The number of hydrogen-bond donors (Lipinski definition) is 1. The van der Waals surface area contributed by atoms with Crippen molar-refractivity contribution in [2.24, 2.45) is 5.92 Å². The largest absolute Gasteiger partial charge is 0.384 e. The van der Waals surface area contributed by atoms with Gasteiger partial charge in [-0.1, -0.05) is 24.6 Å². The molecule has 1 aromatic carbocycles. The van der Waals surface area contributed by atoms with Gasteiger partial charge in [-0.05, 0) is 30.4 Å². The van der Waals surface area contributed by atoms with E-state index in [0.29, 0.717) is 12.3 Å². The number of carbonyl (C=O) groups is 1. The normalized spacial score (nSPS) is 21.4. The Morgan fingerprint density at radius 2 is 2.16 bits per heavy atom. The summed E-state index contributed by atoms with van der Waals surface area (Å²) in [7, 11) is 1.95. The van der Waals surface area contributed by atoms with Crippen molar-refractivity contribution in [3.63, 3.8) is 0 Å². The lowest BCUT2D eigenvalue weighted by Gasteiger charge is -2.30. The quantitative estimate of drug-likeness (QED) is 0.900. The minimum absolute atomic E-state index is 0.287. The van der Waals surface area contributed by atoms with Gasteiger partial charge in [0, 0.05) is 38.2 Å². The lowest BCUT2D eigenvalue weighted by molar-refractivity contribution is -0.131. The average molecular weight is 258 g/mol. The molecule has 1 heterocycles. The summed E-state index contributed by atoms with van der Waals surface area (Å²) < 4.78 is 0. The van der Waals surface area contributed by atoms with Crippen LogP contribution in [0.4, 0.5) is 5.69 Å². The molecule has 1 fully saturated rings. The van der Waals surface area contributed by atoms with E-state index in [1.165, 1.54) is 30.5 Å². The maximum atomic E-state index is 12.3. The number of para-hydroxylation sites is 1. The zero-order valence-corrected chi connectivity index (χ0v) is 11.6. The molecule has 1 atom stereocenters. The molecule has 3 nitrogen and oxygen atoms in total. The predicted octanol–water partition coefficient (Wildman–Crippen LogP) is 2.84. The van der Waals surface area contributed by atoms with Crippen LogP contribution in [0.5, 0.6) is 0 Å². The Kier molecular flexibility index (Phi) is 3.45. The van der Waals surface area contributed by atoms with Gasteiger partial charge >= 0.3 is 0 Å². The number of carbonyl (C=O) groups excluding carboxylic acids is 1. The van der Waals surface area contributed by atoms with E-state index in [4.69, 9.17) is 0 Å². The molecule has 1 unspecified atom stereocenters. The molecule has 2 aliphatic rings. The fourth-order valence-electron chi connectivity index (χ4n) is 3.07. The highest BCUT2D eigenvalue weighted by molar-refractivity contribution is 5.78. The Balaban J connectivity index is 1.58. The Labute approximate surface area is 115 Å². The van der Waals surface area contributed by atoms with E-state index >= 15 is 0 Å². The molecule has 102 valence electrons. The second-order valence-corrected chi connectivity index (χ2v) is 5.94. The van der Waals surface area contributed by atoms with Gasteiger partial charge in [0.1, 0.15) is 0 Å². The molecule has 1 amide bonds. The Morgan fingerprint density at radius 1 is 1.37 bits per heavy atom. The third kappa shape index (κ3) is 2.60. The Hall–Kier alpha value is -1.51. The van der Waals surface area contributed by atoms with Crippen LogP contribution >= 0.6 is 0 Å². The Morgan fingerprint density at radius 3 is 2.89 bits per heavy atom. The summed E-state index contributed by atoms with van der Waals surface area (Å²) in [6.45, 7) is 1.84. The molecule has 1 aliphatic heterocycles. The van der Waals surface area contributed by atoms with Crippen molar-refractivity contribution < 1.29 is 4.79 Å². The van der Waals surface area contributed by atoms with Crippen molar-refractivity contribution in [2.45, 2.75) is 31.6 Å². The second kappa shape index (κ2) is 5.24. The molecule has 0 spiro atoms. The zero-order chi connectivity index (χ0) is 13.2. The van der Waals surface area contributed by atoms with Crippen LogP contribution in [0.1, 0.15) is 37.2 Å². The zero-order valence-electron chi connectivity index (χ0n) is 11.6. The van der Waals surface area contributed by atoms with Gasteiger partial charge in [0.05, 0.1) is 0 Å². The van der Waals surface area contributed by atoms with Gasteiger partial charge in [0.15, 0.2) is 0 Å². The van der Waals surface area contributed by atoms with Crippen LogP contribution in [0.25, 0.3) is 0 Å². The summed E-state index contributed by atoms with van der Waals surface area (Å²) >= 11 is 0. The maximum Gasteiger partial charge on any atom is 0.223 e. The standard InChI is InChI=1S/C16H22N2O/c1-18(11-12-5-4-6-12)16(19)9-13-10-17-15-8-3-2-7-14(13)15/h2-3,7-8,12-13,17H,4-6,9-11H2,1H3. The first-order valence-corrected chi connectivity index (χ1v) is 7.31. The number of nitrogens with zero attached hydrogens (tertiary/aromatic N) is 1. The van der Waals surface area contributed by atoms with E-state index in [-0.39, 0.29) is 5.91 Å². The first kappa shape index (κ1) is 12.5. The van der Waals surface area contributed by atoms with Gasteiger partial charge in [0.2, 0.25) is 5.91 Å². The molecule has 0 radical (unpaired) electrons. The van der Waals surface area contributed by atoms with Crippen LogP contribution in [-0.4, -0.2) is 30.9 Å². The molecule has 3 heteroatoms. The number of amides is 1. The molecule has 1 saturated carbocycles. The van der Waals surface area contributed by atoms with Crippen molar-refractivity contribution in [1.82, 2.24) is 4.90 Å². The minimum atomic E-state index is 0.287. The number of fused-ring (bicyclic) bond motifs is 1. The topological polar surface area (TPSA) is 32.3 Å². The Bertz CT molecular complexity index is 468. The monoisotopic (exact) mass is 258 g/mol. The third-order valence-electron chi connectivity index (χ3n) is 4.54. The number of nitrogens with one attached hydrogen (secondary N) is 1. The average Bonchev–Trinajstić information content (AvgIpc) is 2.77. The van der Waals surface area contributed by atoms with E-state index in [2.05, 4.69) is 23.5 Å². The highest BCUT2D eigenvalue weighted by Crippen LogP contribution is 2.34. The van der Waals surface area contributed by atoms with Gasteiger partial charge in [-0.2, -0.15) is 0 Å². The van der Waals surface area contributed by atoms with Crippen molar-refractivity contribution >= 4 is 11.6 Å². The molecule has 0 bridgehead atoms. The summed E-state index contributed by atoms with van der Waals surface area (Å²) in [5, 5.41) is 3.39. The summed E-state index contributed by atoms with van der Waals surface area (Å²) in [5.41, 5.74) is 2.50. The van der Waals surface area contributed by atoms with E-state index in [1.807, 2.05) is 18.0 Å². The molecule has 3 rings (SSSR count). The number of benzene rings is 1. The van der Waals surface area contributed by atoms with E-state index in [0.717, 1.165) is 19.0 Å². The molecular weight excluding hydrogens is 236 g/mol. The molecular formula is C16H22N2O. The summed E-state index contributed by atoms with van der Waals surface area (Å²) in [6.07, 6.45) is 4.57. The fourth-order valence-corrected chi connectivity index (χ4v) is 3.07. The molecule has 19 heavy (non-hydrogen) atoms. The SMILES string of the molecule is CN(CC1CCC1)C(=O)CC1CNc2ccccc21. The number of rotatable bonds is 4. The van der Waals surface area contributed by atoms with Crippen molar-refractivity contribution in [3.05, 3.63) is 29.8 Å². The van der Waals surface area contributed by atoms with Crippen molar-refractivity contribution in [2.75, 3.05) is 25.5 Å². The van der Waals surface area contributed by atoms with Crippen molar-refractivity contribution in [1.29, 1.82) is 0 Å². The smallest absolute Gasteiger partial charge is 0.223 e. The van der Waals surface area contributed by atoms with Crippen LogP contribution in [-0.2, 0) is 4.79 Å². The summed E-state index contributed by atoms with van der Waals surface area (Å²) in [5.74, 6) is 1.38. The fraction of sp³-hybridized carbons (Fsp3) is 0.562. The minimum Gasteiger partial charge on any atom is -0.384 e. The third-order valence-corrected chi connectivity index (χ3v) is 4.54. The number of anilines is 1. The number of hydrogen-bond acceptors (Lipinski definition) is 2. The molecule has 1 N–H and O–H groups in total. The molecule has 0 aromatic heterocycles. The highest BCUT2D eigenvalue weighted by Gasteiger charge is 2.27. The van der Waals surface area contributed by atoms with Gasteiger partial charge < -0.3 is 10.2 Å². The van der Waals surface area contributed by atoms with Crippen molar-refractivity contribution in [3.8, 4) is 0 Å². The lowest BCUT2D eigenvalue weighted by Crippen LogP contribution is -2.35. The summed E-state index contributed by atoms with van der Waals surface area (Å²) in [6, 6.07) is 8.33. The molecule has 0 saturated heterocycles. The first-order chi connectivity index (χ1) is 9.24. The van der Waals surface area contributed by atoms with Crippen LogP contribution in [0.2, 0.25) is 0 Å². The lowest BCUT2D eigenvalue weighted by atomic mass is 9.85. The van der Waals surface area contributed by atoms with Gasteiger partial charge in [-0.3, -0.25) is 4.79 Å². The van der Waals surface area contributed by atoms with Crippen LogP contribution in [0.15, 0.2) is 24.3 Å². The first-order valence-electron chi connectivity index (χ1n) is 7.31. The van der Waals surface area contributed by atoms with Crippen LogP contribution in [0.3, 0.4) is 0 Å². The van der Waals surface area contributed by atoms with Gasteiger partial charge in [-0.25, -0.2) is 0 Å². The maximum absolute atomic E-state index is 12.3. The molecule has 1 aromatic rings. The second-order valence-electron chi connectivity index (χ2n) is 5.94. The molecule has 1 aliphatic carbocycles. The van der Waals surface area contributed by atoms with E-state index in [9.17, 15) is 4.79 Å².